The predicted molar refractivity (Wildman–Crippen MR) is 77.1 cm³/mol. The van der Waals surface area contributed by atoms with Crippen molar-refractivity contribution in [3.63, 3.8) is 0 Å². The zero-order chi connectivity index (χ0) is 14.0. The number of nitrogens with one attached hydrogen (secondary N) is 1. The number of aryl methyl sites for hydroxylation is 1. The van der Waals surface area contributed by atoms with Crippen molar-refractivity contribution in [3.8, 4) is 0 Å². The van der Waals surface area contributed by atoms with Crippen molar-refractivity contribution in [2.75, 3.05) is 11.1 Å². The smallest absolute Gasteiger partial charge is 0.148 e. The molecule has 0 aliphatic rings. The zero-order valence-corrected chi connectivity index (χ0v) is 12.0. The van der Waals surface area contributed by atoms with E-state index in [0.29, 0.717) is 0 Å². The van der Waals surface area contributed by atoms with Crippen LogP contribution in [0.25, 0.3) is 0 Å². The monoisotopic (exact) mass is 262 g/mol. The van der Waals surface area contributed by atoms with E-state index in [4.69, 9.17) is 5.73 Å². The molecule has 0 fully saturated rings. The molecular weight excluding hydrogens is 240 g/mol. The topological polar surface area (TPSA) is 73.7 Å². The highest BCUT2D eigenvalue weighted by atomic mass is 15.4. The lowest BCUT2D eigenvalue weighted by Gasteiger charge is -2.18. The maximum atomic E-state index is 6.09. The molecule has 2 aromatic rings. The summed E-state index contributed by atoms with van der Waals surface area (Å²) < 4.78 is 3.83. The third-order valence-electron chi connectivity index (χ3n) is 3.02. The zero-order valence-electron chi connectivity index (χ0n) is 12.0. The Balaban J connectivity index is 2.14. The first-order chi connectivity index (χ1) is 8.99. The summed E-state index contributed by atoms with van der Waals surface area (Å²) in [6.07, 6.45) is 3.73. The summed E-state index contributed by atoms with van der Waals surface area (Å²) in [7, 11) is 0. The van der Waals surface area contributed by atoms with Gasteiger partial charge in [-0.25, -0.2) is 4.68 Å². The average molecular weight is 262 g/mol. The van der Waals surface area contributed by atoms with Gasteiger partial charge in [-0.05, 0) is 33.8 Å². The lowest BCUT2D eigenvalue weighted by atomic mass is 10.3. The Labute approximate surface area is 113 Å². The van der Waals surface area contributed by atoms with Crippen molar-refractivity contribution < 1.29 is 0 Å². The van der Waals surface area contributed by atoms with Gasteiger partial charge in [0.1, 0.15) is 5.82 Å². The molecule has 2 aromatic heterocycles. The number of rotatable bonds is 5. The fourth-order valence-electron chi connectivity index (χ4n) is 2.05. The Bertz CT molecular complexity index is 526. The van der Waals surface area contributed by atoms with E-state index in [0.717, 1.165) is 23.7 Å². The molecule has 6 heteroatoms. The van der Waals surface area contributed by atoms with E-state index in [1.54, 1.807) is 6.20 Å². The minimum atomic E-state index is 0.218. The van der Waals surface area contributed by atoms with Crippen molar-refractivity contribution in [2.24, 2.45) is 0 Å². The molecule has 0 saturated heterocycles. The van der Waals surface area contributed by atoms with Gasteiger partial charge in [0.25, 0.3) is 0 Å². The summed E-state index contributed by atoms with van der Waals surface area (Å²) in [5.74, 6) is 0.896. The normalized spacial score (nSPS) is 12.9. The standard InChI is InChI=1S/C13H22N6/c1-9(2)19-13(12(14)11(4)17-19)16-10(3)8-18-7-5-6-15-18/h5-7,9-10,16H,8,14H2,1-4H3. The fraction of sp³-hybridized carbons (Fsp3) is 0.538. The van der Waals surface area contributed by atoms with Crippen LogP contribution in [0.4, 0.5) is 11.5 Å². The lowest BCUT2D eigenvalue weighted by Crippen LogP contribution is -2.24. The summed E-state index contributed by atoms with van der Waals surface area (Å²) in [6.45, 7) is 9.00. The van der Waals surface area contributed by atoms with Gasteiger partial charge in [-0.3, -0.25) is 4.68 Å². The Morgan fingerprint density at radius 2 is 2.11 bits per heavy atom. The highest BCUT2D eigenvalue weighted by molar-refractivity contribution is 5.65. The van der Waals surface area contributed by atoms with Gasteiger partial charge in [0.05, 0.1) is 17.9 Å². The van der Waals surface area contributed by atoms with Crippen LogP contribution in [0.1, 0.15) is 32.5 Å². The Kier molecular flexibility index (Phi) is 3.78. The number of nitrogens with zero attached hydrogens (tertiary/aromatic N) is 4. The minimum absolute atomic E-state index is 0.218. The van der Waals surface area contributed by atoms with Crippen LogP contribution in [0.2, 0.25) is 0 Å². The van der Waals surface area contributed by atoms with Crippen LogP contribution in [0.15, 0.2) is 18.5 Å². The Morgan fingerprint density at radius 3 is 2.68 bits per heavy atom. The van der Waals surface area contributed by atoms with Crippen LogP contribution >= 0.6 is 0 Å². The predicted octanol–water partition coefficient (Wildman–Crippen LogP) is 2.05. The molecule has 1 atom stereocenters. The van der Waals surface area contributed by atoms with Gasteiger partial charge in [-0.1, -0.05) is 0 Å². The van der Waals surface area contributed by atoms with Crippen LogP contribution < -0.4 is 11.1 Å². The summed E-state index contributed by atoms with van der Waals surface area (Å²) in [4.78, 5) is 0. The van der Waals surface area contributed by atoms with E-state index in [-0.39, 0.29) is 12.1 Å². The molecule has 2 heterocycles. The second-order valence-electron chi connectivity index (χ2n) is 5.16. The quantitative estimate of drug-likeness (QED) is 0.865. The molecule has 0 spiro atoms. The molecule has 3 N–H and O–H groups in total. The van der Waals surface area contributed by atoms with Gasteiger partial charge in [-0.2, -0.15) is 10.2 Å². The largest absolute Gasteiger partial charge is 0.394 e. The van der Waals surface area contributed by atoms with E-state index < -0.39 is 0 Å². The number of aromatic nitrogens is 4. The maximum Gasteiger partial charge on any atom is 0.148 e. The van der Waals surface area contributed by atoms with Gasteiger partial charge >= 0.3 is 0 Å². The summed E-state index contributed by atoms with van der Waals surface area (Å²) in [5.41, 5.74) is 7.68. The van der Waals surface area contributed by atoms with Gasteiger partial charge < -0.3 is 11.1 Å². The van der Waals surface area contributed by atoms with Crippen LogP contribution in [-0.2, 0) is 6.54 Å². The molecule has 0 saturated carbocycles. The second-order valence-corrected chi connectivity index (χ2v) is 5.16. The first-order valence-electron chi connectivity index (χ1n) is 6.57. The van der Waals surface area contributed by atoms with E-state index >= 15 is 0 Å². The lowest BCUT2D eigenvalue weighted by molar-refractivity contribution is 0.518. The fourth-order valence-corrected chi connectivity index (χ4v) is 2.05. The summed E-state index contributed by atoms with van der Waals surface area (Å²) in [6, 6.07) is 2.41. The molecule has 0 amide bonds. The second kappa shape index (κ2) is 5.34. The van der Waals surface area contributed by atoms with Gasteiger partial charge in [0.15, 0.2) is 0 Å². The molecule has 104 valence electrons. The van der Waals surface area contributed by atoms with Gasteiger partial charge in [0, 0.05) is 24.5 Å². The average Bonchev–Trinajstić information content (AvgIpc) is 2.92. The van der Waals surface area contributed by atoms with Crippen LogP contribution in [0.3, 0.4) is 0 Å². The highest BCUT2D eigenvalue weighted by Gasteiger charge is 2.16. The Hall–Kier alpha value is -1.98. The van der Waals surface area contributed by atoms with Crippen molar-refractivity contribution in [1.82, 2.24) is 19.6 Å². The number of anilines is 2. The van der Waals surface area contributed by atoms with Gasteiger partial charge in [-0.15, -0.1) is 0 Å². The SMILES string of the molecule is Cc1nn(C(C)C)c(NC(C)Cn2cccn2)c1N. The number of nitrogens with two attached hydrogens (primary N) is 1. The number of hydrogen-bond acceptors (Lipinski definition) is 4. The molecule has 0 aliphatic carbocycles. The van der Waals surface area contributed by atoms with Crippen molar-refractivity contribution in [3.05, 3.63) is 24.2 Å². The molecular formula is C13H22N6. The number of nitrogen functional groups attached to an aromatic ring is 1. The molecule has 0 bridgehead atoms. The van der Waals surface area contributed by atoms with Crippen molar-refractivity contribution >= 4 is 11.5 Å². The van der Waals surface area contributed by atoms with Crippen LogP contribution in [0.5, 0.6) is 0 Å². The summed E-state index contributed by atoms with van der Waals surface area (Å²) in [5, 5.41) is 12.1. The third kappa shape index (κ3) is 2.89. The minimum Gasteiger partial charge on any atom is -0.394 e. The van der Waals surface area contributed by atoms with E-state index in [1.165, 1.54) is 0 Å². The first kappa shape index (κ1) is 13.5. The Morgan fingerprint density at radius 1 is 1.37 bits per heavy atom. The van der Waals surface area contributed by atoms with Crippen LogP contribution in [-0.4, -0.2) is 25.6 Å². The molecule has 0 aromatic carbocycles. The van der Waals surface area contributed by atoms with Gasteiger partial charge in [0.2, 0.25) is 0 Å². The van der Waals surface area contributed by atoms with E-state index in [9.17, 15) is 0 Å². The third-order valence-corrected chi connectivity index (χ3v) is 3.02. The first-order valence-corrected chi connectivity index (χ1v) is 6.57. The van der Waals surface area contributed by atoms with Crippen molar-refractivity contribution in [2.45, 2.75) is 46.3 Å². The van der Waals surface area contributed by atoms with Crippen molar-refractivity contribution in [1.29, 1.82) is 0 Å². The summed E-state index contributed by atoms with van der Waals surface area (Å²) >= 11 is 0. The highest BCUT2D eigenvalue weighted by Crippen LogP contribution is 2.26. The molecule has 2 rings (SSSR count). The molecule has 6 nitrogen and oxygen atoms in total. The molecule has 0 radical (unpaired) electrons. The molecule has 0 aliphatic heterocycles. The number of hydrogen-bond donors (Lipinski definition) is 2. The molecule has 1 unspecified atom stereocenters. The molecule has 19 heavy (non-hydrogen) atoms. The maximum absolute atomic E-state index is 6.09. The van der Waals surface area contributed by atoms with E-state index in [2.05, 4.69) is 36.3 Å². The van der Waals surface area contributed by atoms with Crippen LogP contribution in [0, 0.1) is 6.92 Å². The van der Waals surface area contributed by atoms with E-state index in [1.807, 2.05) is 28.6 Å².